The number of carbonyl (C=O) groups excluding carboxylic acids is 1. The minimum atomic E-state index is -0.831. The minimum Gasteiger partial charge on any atom is -0.481 e. The first kappa shape index (κ1) is 15.1. The highest BCUT2D eigenvalue weighted by Crippen LogP contribution is 2.45. The van der Waals surface area contributed by atoms with Gasteiger partial charge in [0.1, 0.15) is 0 Å². The van der Waals surface area contributed by atoms with Gasteiger partial charge in [-0.1, -0.05) is 29.3 Å². The monoisotopic (exact) mass is 315 g/mol. The van der Waals surface area contributed by atoms with Gasteiger partial charge in [0.25, 0.3) is 0 Å². The molecule has 1 aromatic carbocycles. The van der Waals surface area contributed by atoms with Crippen molar-refractivity contribution in [2.24, 2.45) is 5.41 Å². The number of halogens is 2. The Labute approximate surface area is 127 Å². The van der Waals surface area contributed by atoms with E-state index in [9.17, 15) is 9.59 Å². The Kier molecular flexibility index (Phi) is 4.55. The molecule has 1 fully saturated rings. The van der Waals surface area contributed by atoms with Gasteiger partial charge >= 0.3 is 5.97 Å². The summed E-state index contributed by atoms with van der Waals surface area (Å²) in [4.78, 5) is 22.7. The van der Waals surface area contributed by atoms with Crippen molar-refractivity contribution >= 4 is 35.1 Å². The molecular formula is C14H15Cl2NO3. The topological polar surface area (TPSA) is 66.4 Å². The van der Waals surface area contributed by atoms with Crippen LogP contribution in [0.15, 0.2) is 18.2 Å². The van der Waals surface area contributed by atoms with Crippen LogP contribution in [0.1, 0.15) is 24.8 Å². The van der Waals surface area contributed by atoms with Crippen LogP contribution < -0.4 is 5.32 Å². The number of amides is 1. The highest BCUT2D eigenvalue weighted by Gasteiger charge is 2.50. The highest BCUT2D eigenvalue weighted by atomic mass is 35.5. The number of aliphatic carboxylic acids is 1. The number of hydrogen-bond donors (Lipinski definition) is 2. The van der Waals surface area contributed by atoms with Crippen LogP contribution in [0.25, 0.3) is 0 Å². The first-order valence-electron chi connectivity index (χ1n) is 6.37. The average Bonchev–Trinajstić information content (AvgIpc) is 3.19. The van der Waals surface area contributed by atoms with Gasteiger partial charge in [-0.05, 0) is 37.0 Å². The molecule has 2 N–H and O–H groups in total. The molecule has 1 aliphatic carbocycles. The molecule has 1 amide bonds. The average molecular weight is 316 g/mol. The summed E-state index contributed by atoms with van der Waals surface area (Å²) in [7, 11) is 0. The van der Waals surface area contributed by atoms with Crippen LogP contribution in [0.2, 0.25) is 10.0 Å². The van der Waals surface area contributed by atoms with Crippen molar-refractivity contribution in [3.8, 4) is 0 Å². The number of aryl methyl sites for hydroxylation is 1. The zero-order chi connectivity index (χ0) is 14.8. The summed E-state index contributed by atoms with van der Waals surface area (Å²) >= 11 is 11.7. The second-order valence-electron chi connectivity index (χ2n) is 5.11. The SMILES string of the molecule is O=C(CCc1ccc(Cl)c(Cl)c1)NCC1(C(=O)O)CC1. The third-order valence-corrected chi connectivity index (χ3v) is 4.29. The van der Waals surface area contributed by atoms with E-state index in [2.05, 4.69) is 5.32 Å². The van der Waals surface area contributed by atoms with Crippen molar-refractivity contribution in [3.63, 3.8) is 0 Å². The molecule has 0 unspecified atom stereocenters. The van der Waals surface area contributed by atoms with Crippen LogP contribution >= 0.6 is 23.2 Å². The molecule has 0 aromatic heterocycles. The van der Waals surface area contributed by atoms with Crippen LogP contribution in [0.5, 0.6) is 0 Å². The molecule has 4 nitrogen and oxygen atoms in total. The lowest BCUT2D eigenvalue weighted by atomic mass is 10.1. The number of carboxylic acid groups (broad SMARTS) is 1. The molecule has 20 heavy (non-hydrogen) atoms. The van der Waals surface area contributed by atoms with Gasteiger partial charge in [0.15, 0.2) is 0 Å². The quantitative estimate of drug-likeness (QED) is 0.848. The van der Waals surface area contributed by atoms with Gasteiger partial charge in [-0.2, -0.15) is 0 Å². The molecule has 108 valence electrons. The van der Waals surface area contributed by atoms with E-state index in [4.69, 9.17) is 28.3 Å². The lowest BCUT2D eigenvalue weighted by Crippen LogP contribution is -2.34. The van der Waals surface area contributed by atoms with Crippen molar-refractivity contribution in [1.29, 1.82) is 0 Å². The van der Waals surface area contributed by atoms with Crippen molar-refractivity contribution in [3.05, 3.63) is 33.8 Å². The summed E-state index contributed by atoms with van der Waals surface area (Å²) in [6.45, 7) is 0.211. The number of rotatable bonds is 6. The standard InChI is InChI=1S/C14H15Cl2NO3/c15-10-3-1-9(7-11(10)16)2-4-12(18)17-8-14(5-6-14)13(19)20/h1,3,7H,2,4-6,8H2,(H,17,18)(H,19,20). The predicted molar refractivity (Wildman–Crippen MR) is 77.1 cm³/mol. The minimum absolute atomic E-state index is 0.149. The predicted octanol–water partition coefficient (Wildman–Crippen LogP) is 2.91. The maximum Gasteiger partial charge on any atom is 0.311 e. The van der Waals surface area contributed by atoms with Crippen LogP contribution in [-0.2, 0) is 16.0 Å². The van der Waals surface area contributed by atoms with Gasteiger partial charge in [-0.25, -0.2) is 0 Å². The van der Waals surface area contributed by atoms with Crippen molar-refractivity contribution < 1.29 is 14.7 Å². The van der Waals surface area contributed by atoms with Gasteiger partial charge in [0, 0.05) is 13.0 Å². The zero-order valence-corrected chi connectivity index (χ0v) is 12.3. The van der Waals surface area contributed by atoms with E-state index >= 15 is 0 Å². The van der Waals surface area contributed by atoms with Gasteiger partial charge in [-0.15, -0.1) is 0 Å². The van der Waals surface area contributed by atoms with E-state index in [-0.39, 0.29) is 12.5 Å². The Hall–Kier alpha value is -1.26. The number of carbonyl (C=O) groups is 2. The Morgan fingerprint density at radius 1 is 1.25 bits per heavy atom. The fourth-order valence-electron chi connectivity index (χ4n) is 1.93. The second kappa shape index (κ2) is 6.02. The second-order valence-corrected chi connectivity index (χ2v) is 5.93. The van der Waals surface area contributed by atoms with Crippen LogP contribution in [0.3, 0.4) is 0 Å². The van der Waals surface area contributed by atoms with Crippen LogP contribution in [0.4, 0.5) is 0 Å². The number of carboxylic acids is 1. The lowest BCUT2D eigenvalue weighted by Gasteiger charge is -2.11. The third kappa shape index (κ3) is 3.64. The van der Waals surface area contributed by atoms with Gasteiger partial charge in [0.2, 0.25) is 5.91 Å². The summed E-state index contributed by atoms with van der Waals surface area (Å²) in [6.07, 6.45) is 2.11. The van der Waals surface area contributed by atoms with E-state index in [0.717, 1.165) is 5.56 Å². The van der Waals surface area contributed by atoms with Crippen molar-refractivity contribution in [2.45, 2.75) is 25.7 Å². The summed E-state index contributed by atoms with van der Waals surface area (Å²) in [5.74, 6) is -0.981. The van der Waals surface area contributed by atoms with E-state index in [1.54, 1.807) is 12.1 Å². The van der Waals surface area contributed by atoms with E-state index in [1.165, 1.54) is 0 Å². The molecular weight excluding hydrogens is 301 g/mol. The zero-order valence-electron chi connectivity index (χ0n) is 10.8. The molecule has 1 aliphatic rings. The van der Waals surface area contributed by atoms with E-state index < -0.39 is 11.4 Å². The molecule has 0 atom stereocenters. The number of nitrogens with one attached hydrogen (secondary N) is 1. The smallest absolute Gasteiger partial charge is 0.311 e. The summed E-state index contributed by atoms with van der Waals surface area (Å²) in [5, 5.41) is 12.6. The molecule has 0 spiro atoms. The Morgan fingerprint density at radius 2 is 1.95 bits per heavy atom. The number of benzene rings is 1. The van der Waals surface area contributed by atoms with Crippen molar-refractivity contribution in [2.75, 3.05) is 6.54 Å². The lowest BCUT2D eigenvalue weighted by molar-refractivity contribution is -0.143. The first-order valence-corrected chi connectivity index (χ1v) is 7.13. The summed E-state index contributed by atoms with van der Waals surface area (Å²) < 4.78 is 0. The van der Waals surface area contributed by atoms with E-state index in [0.29, 0.717) is 35.7 Å². The maximum atomic E-state index is 11.7. The van der Waals surface area contributed by atoms with Gasteiger partial charge in [-0.3, -0.25) is 9.59 Å². The highest BCUT2D eigenvalue weighted by molar-refractivity contribution is 6.42. The molecule has 0 saturated heterocycles. The molecule has 0 heterocycles. The summed E-state index contributed by atoms with van der Waals surface area (Å²) in [6, 6.07) is 5.25. The van der Waals surface area contributed by atoms with Gasteiger partial charge < -0.3 is 10.4 Å². The van der Waals surface area contributed by atoms with Gasteiger partial charge in [0.05, 0.1) is 15.5 Å². The molecule has 1 saturated carbocycles. The third-order valence-electron chi connectivity index (χ3n) is 3.56. The molecule has 0 bridgehead atoms. The Bertz CT molecular complexity index is 541. The fraction of sp³-hybridized carbons (Fsp3) is 0.429. The molecule has 1 aromatic rings. The fourth-order valence-corrected chi connectivity index (χ4v) is 2.25. The molecule has 0 aliphatic heterocycles. The summed E-state index contributed by atoms with van der Waals surface area (Å²) in [5.41, 5.74) is 0.202. The molecule has 6 heteroatoms. The number of hydrogen-bond acceptors (Lipinski definition) is 2. The molecule has 2 rings (SSSR count). The van der Waals surface area contributed by atoms with Crippen molar-refractivity contribution in [1.82, 2.24) is 5.32 Å². The Balaban J connectivity index is 1.78. The normalized spacial score (nSPS) is 15.7. The Morgan fingerprint density at radius 3 is 2.50 bits per heavy atom. The maximum absolute atomic E-state index is 11.7. The van der Waals surface area contributed by atoms with Crippen LogP contribution in [-0.4, -0.2) is 23.5 Å². The van der Waals surface area contributed by atoms with Crippen LogP contribution in [0, 0.1) is 5.41 Å². The first-order chi connectivity index (χ1) is 9.43. The van der Waals surface area contributed by atoms with E-state index in [1.807, 2.05) is 6.07 Å². The molecule has 0 radical (unpaired) electrons. The largest absolute Gasteiger partial charge is 0.481 e.